The average Bonchev–Trinajstić information content (AvgIpc) is 3.40. The van der Waals surface area contributed by atoms with Crippen LogP contribution in [0.1, 0.15) is 44.6 Å². The summed E-state index contributed by atoms with van der Waals surface area (Å²) in [6, 6.07) is 8.61. The number of nitrogens with one attached hydrogen (secondary N) is 1. The second-order valence-corrected chi connectivity index (χ2v) is 11.2. The number of ether oxygens (including phenoxy) is 2. The van der Waals surface area contributed by atoms with Crippen molar-refractivity contribution in [2.45, 2.75) is 51.1 Å². The van der Waals surface area contributed by atoms with Gasteiger partial charge in [0.25, 0.3) is 0 Å². The quantitative estimate of drug-likeness (QED) is 0.359. The minimum absolute atomic E-state index is 0.0229. The third kappa shape index (κ3) is 4.22. The first-order chi connectivity index (χ1) is 20.0. The molecule has 1 amide bonds. The zero-order valence-electron chi connectivity index (χ0n) is 22.9. The molecule has 41 heavy (non-hydrogen) atoms. The summed E-state index contributed by atoms with van der Waals surface area (Å²) < 4.78 is 12.6. The molecule has 2 aliphatic carbocycles. The number of methoxy groups -OCH3 is 1. The zero-order chi connectivity index (χ0) is 28.1. The molecule has 2 saturated heterocycles. The van der Waals surface area contributed by atoms with E-state index in [1.165, 1.54) is 6.20 Å². The van der Waals surface area contributed by atoms with Crippen molar-refractivity contribution in [1.29, 1.82) is 5.26 Å². The first-order valence-corrected chi connectivity index (χ1v) is 14.0. The van der Waals surface area contributed by atoms with Crippen LogP contribution in [0.25, 0.3) is 16.8 Å². The van der Waals surface area contributed by atoms with Crippen molar-refractivity contribution >= 4 is 22.9 Å². The Morgan fingerprint density at radius 2 is 1.95 bits per heavy atom. The van der Waals surface area contributed by atoms with Gasteiger partial charge >= 0.3 is 0 Å². The lowest BCUT2D eigenvalue weighted by atomic mass is 9.55. The molecule has 11 heteroatoms. The van der Waals surface area contributed by atoms with Gasteiger partial charge in [-0.25, -0.2) is 14.5 Å². The molecule has 2 unspecified atom stereocenters. The molecular formula is C30H30N8O3. The van der Waals surface area contributed by atoms with Gasteiger partial charge in [0.05, 0.1) is 72.6 Å². The maximum atomic E-state index is 13.8. The summed E-state index contributed by atoms with van der Waals surface area (Å²) in [6.45, 7) is 2.40. The second-order valence-electron chi connectivity index (χ2n) is 11.2. The molecule has 2 atom stereocenters. The Morgan fingerprint density at radius 3 is 2.61 bits per heavy atom. The topological polar surface area (TPSA) is 131 Å². The third-order valence-electron chi connectivity index (χ3n) is 8.83. The van der Waals surface area contributed by atoms with Crippen LogP contribution in [-0.4, -0.2) is 56.3 Å². The van der Waals surface area contributed by atoms with Crippen LogP contribution in [0.4, 0.5) is 11.5 Å². The number of amides is 1. The Bertz CT molecular complexity index is 1640. The number of carbonyl (C=O) groups excluding carboxylic acids is 1. The summed E-state index contributed by atoms with van der Waals surface area (Å²) in [7, 11) is 1.62. The Balaban J connectivity index is 1.12. The second kappa shape index (κ2) is 9.73. The van der Waals surface area contributed by atoms with Gasteiger partial charge in [0.2, 0.25) is 11.8 Å². The molecule has 0 radical (unpaired) electrons. The minimum atomic E-state index is -0.412. The van der Waals surface area contributed by atoms with Crippen molar-refractivity contribution in [2.75, 3.05) is 23.9 Å². The summed E-state index contributed by atoms with van der Waals surface area (Å²) in [5.74, 6) is 2.19. The highest BCUT2D eigenvalue weighted by Crippen LogP contribution is 2.57. The average molecular weight is 551 g/mol. The van der Waals surface area contributed by atoms with Crippen LogP contribution in [0.3, 0.4) is 0 Å². The van der Waals surface area contributed by atoms with Crippen LogP contribution in [0.15, 0.2) is 49.2 Å². The van der Waals surface area contributed by atoms with Gasteiger partial charge in [-0.05, 0) is 57.1 Å². The summed E-state index contributed by atoms with van der Waals surface area (Å²) in [4.78, 5) is 29.9. The number of fused-ring (bicyclic) bond motifs is 1. The lowest BCUT2D eigenvalue weighted by Crippen LogP contribution is -2.64. The molecule has 0 spiro atoms. The number of carbonyl (C=O) groups is 1. The first-order valence-electron chi connectivity index (χ1n) is 14.0. The number of piperidine rings is 2. The largest absolute Gasteiger partial charge is 0.492 e. The van der Waals surface area contributed by atoms with E-state index in [1.807, 2.05) is 25.3 Å². The van der Waals surface area contributed by atoms with E-state index in [2.05, 4.69) is 42.4 Å². The molecule has 4 fully saturated rings. The van der Waals surface area contributed by atoms with E-state index in [-0.39, 0.29) is 5.91 Å². The van der Waals surface area contributed by atoms with Gasteiger partial charge in [-0.3, -0.25) is 9.78 Å². The summed E-state index contributed by atoms with van der Waals surface area (Å²) in [5.41, 5.74) is 2.99. The Kier molecular flexibility index (Phi) is 5.99. The van der Waals surface area contributed by atoms with Gasteiger partial charge in [-0.15, -0.1) is 0 Å². The zero-order valence-corrected chi connectivity index (χ0v) is 22.9. The fourth-order valence-corrected chi connectivity index (χ4v) is 7.37. The highest BCUT2D eigenvalue weighted by molar-refractivity contribution is 5.95. The number of hydrogen-bond acceptors (Lipinski definition) is 9. The molecule has 208 valence electrons. The van der Waals surface area contributed by atoms with Crippen LogP contribution in [0.5, 0.6) is 11.6 Å². The Labute approximate surface area is 237 Å². The molecule has 4 bridgehead atoms. The number of nitrogens with zero attached hydrogens (tertiary/aromatic N) is 7. The molecule has 2 aliphatic heterocycles. The first kappa shape index (κ1) is 25.3. The summed E-state index contributed by atoms with van der Waals surface area (Å²) in [5, 5.41) is 17.0. The molecular weight excluding hydrogens is 520 g/mol. The van der Waals surface area contributed by atoms with Crippen molar-refractivity contribution in [2.24, 2.45) is 11.3 Å². The van der Waals surface area contributed by atoms with Crippen LogP contribution >= 0.6 is 0 Å². The normalized spacial score (nSPS) is 24.3. The minimum Gasteiger partial charge on any atom is -0.492 e. The van der Waals surface area contributed by atoms with Crippen molar-refractivity contribution in [3.8, 4) is 29.0 Å². The molecule has 0 aromatic carbocycles. The van der Waals surface area contributed by atoms with Gasteiger partial charge in [0.1, 0.15) is 11.8 Å². The van der Waals surface area contributed by atoms with Gasteiger partial charge in [0.15, 0.2) is 5.82 Å². The van der Waals surface area contributed by atoms with E-state index in [0.29, 0.717) is 64.4 Å². The van der Waals surface area contributed by atoms with Gasteiger partial charge in [0, 0.05) is 23.7 Å². The van der Waals surface area contributed by atoms with Crippen LogP contribution in [0, 0.1) is 22.7 Å². The highest BCUT2D eigenvalue weighted by Gasteiger charge is 2.57. The number of rotatable bonds is 7. The maximum Gasteiger partial charge on any atom is 0.231 e. The monoisotopic (exact) mass is 550 g/mol. The number of anilines is 2. The summed E-state index contributed by atoms with van der Waals surface area (Å²) >= 11 is 0. The van der Waals surface area contributed by atoms with Crippen molar-refractivity contribution in [1.82, 2.24) is 24.6 Å². The molecule has 11 nitrogen and oxygen atoms in total. The fourth-order valence-electron chi connectivity index (χ4n) is 7.37. The molecule has 1 N–H and O–H groups in total. The van der Waals surface area contributed by atoms with E-state index in [0.717, 1.165) is 37.8 Å². The Hall–Kier alpha value is -4.72. The fraction of sp³-hybridized carbons (Fsp3) is 0.400. The highest BCUT2D eigenvalue weighted by atomic mass is 16.5. The van der Waals surface area contributed by atoms with E-state index >= 15 is 0 Å². The van der Waals surface area contributed by atoms with Crippen molar-refractivity contribution < 1.29 is 14.3 Å². The van der Waals surface area contributed by atoms with Gasteiger partial charge in [-0.1, -0.05) is 0 Å². The van der Waals surface area contributed by atoms with E-state index in [1.54, 1.807) is 30.2 Å². The number of pyridine rings is 2. The van der Waals surface area contributed by atoms with Crippen LogP contribution in [-0.2, 0) is 4.79 Å². The SMILES string of the molecule is CCOc1cc(-c2cnc(NC(=O)C34CC5CC(C3)N(c3ccc(OC)nc3)C(C5)C4)cn2)c2c(C#N)cnn2c1. The third-order valence-corrected chi connectivity index (χ3v) is 8.83. The standard InChI is InChI=1S/C30H30N8O3/c1-3-41-23-8-24(28-19(12-31)13-35-37(28)17-23)25-15-33-26(16-32-25)36-29(39)30-9-18-6-21(10-30)38(22(7-18)11-30)20-4-5-27(40-2)34-14-20/h4-5,8,13-18,21-22H,3,6-7,9-11H2,1-2H3,(H,33,36,39). The Morgan fingerprint density at radius 1 is 1.12 bits per heavy atom. The number of aromatic nitrogens is 5. The maximum absolute atomic E-state index is 13.8. The molecule has 2 saturated carbocycles. The van der Waals surface area contributed by atoms with Crippen molar-refractivity contribution in [3.63, 3.8) is 0 Å². The lowest BCUT2D eigenvalue weighted by molar-refractivity contribution is -0.134. The predicted octanol–water partition coefficient (Wildman–Crippen LogP) is 4.24. The van der Waals surface area contributed by atoms with Gasteiger partial charge in [-0.2, -0.15) is 10.4 Å². The molecule has 6 heterocycles. The molecule has 8 rings (SSSR count). The molecule has 4 aromatic rings. The lowest BCUT2D eigenvalue weighted by Gasteiger charge is -2.61. The van der Waals surface area contributed by atoms with E-state index in [4.69, 9.17) is 9.47 Å². The summed E-state index contributed by atoms with van der Waals surface area (Å²) in [6.07, 6.45) is 13.1. The van der Waals surface area contributed by atoms with Crippen LogP contribution in [0.2, 0.25) is 0 Å². The number of hydrogen-bond donors (Lipinski definition) is 1. The van der Waals surface area contributed by atoms with Crippen LogP contribution < -0.4 is 19.7 Å². The smallest absolute Gasteiger partial charge is 0.231 e. The number of nitriles is 1. The van der Waals surface area contributed by atoms with E-state index < -0.39 is 5.41 Å². The van der Waals surface area contributed by atoms with E-state index in [9.17, 15) is 10.1 Å². The van der Waals surface area contributed by atoms with Gasteiger partial charge < -0.3 is 19.7 Å². The predicted molar refractivity (Wildman–Crippen MR) is 151 cm³/mol. The van der Waals surface area contributed by atoms with Crippen molar-refractivity contribution in [3.05, 3.63) is 54.7 Å². The molecule has 4 aliphatic rings. The molecule has 4 aromatic heterocycles.